The van der Waals surface area contributed by atoms with Gasteiger partial charge >= 0.3 is 0 Å². The van der Waals surface area contributed by atoms with Gasteiger partial charge in [-0.3, -0.25) is 10.1 Å². The van der Waals surface area contributed by atoms with Crippen LogP contribution in [0, 0.1) is 0 Å². The normalized spacial score (nSPS) is 28.8. The standard InChI is InChI=1S/C12H22N2OS/c1-4-10-13-12(6-7-12)11(15)14(10)8-5-9(2)16-3/h9-10,13H,4-8H2,1-3H3. The summed E-state index contributed by atoms with van der Waals surface area (Å²) in [6.45, 7) is 5.29. The second-order valence-electron chi connectivity index (χ2n) is 4.98. The van der Waals surface area contributed by atoms with E-state index in [1.54, 1.807) is 0 Å². The summed E-state index contributed by atoms with van der Waals surface area (Å²) in [7, 11) is 0. The van der Waals surface area contributed by atoms with E-state index in [4.69, 9.17) is 0 Å². The Morgan fingerprint density at radius 1 is 1.62 bits per heavy atom. The van der Waals surface area contributed by atoms with E-state index in [1.807, 2.05) is 11.8 Å². The molecule has 2 rings (SSSR count). The Kier molecular flexibility index (Phi) is 3.50. The first kappa shape index (κ1) is 12.2. The predicted octanol–water partition coefficient (Wildman–Crippen LogP) is 1.83. The van der Waals surface area contributed by atoms with E-state index in [2.05, 4.69) is 30.3 Å². The van der Waals surface area contributed by atoms with Gasteiger partial charge in [0.15, 0.2) is 0 Å². The molecule has 0 aromatic rings. The van der Waals surface area contributed by atoms with Crippen molar-refractivity contribution in [2.24, 2.45) is 0 Å². The van der Waals surface area contributed by atoms with Gasteiger partial charge in [-0.15, -0.1) is 0 Å². The Labute approximate surface area is 102 Å². The molecule has 3 nitrogen and oxygen atoms in total. The maximum atomic E-state index is 12.2. The van der Waals surface area contributed by atoms with Gasteiger partial charge in [-0.25, -0.2) is 0 Å². The largest absolute Gasteiger partial charge is 0.326 e. The summed E-state index contributed by atoms with van der Waals surface area (Å²) < 4.78 is 0. The fourth-order valence-electron chi connectivity index (χ4n) is 2.38. The number of nitrogens with zero attached hydrogens (tertiary/aromatic N) is 1. The van der Waals surface area contributed by atoms with Crippen molar-refractivity contribution in [3.63, 3.8) is 0 Å². The van der Waals surface area contributed by atoms with E-state index < -0.39 is 0 Å². The van der Waals surface area contributed by atoms with E-state index in [0.717, 1.165) is 32.2 Å². The lowest BCUT2D eigenvalue weighted by atomic mass is 10.2. The Morgan fingerprint density at radius 2 is 2.31 bits per heavy atom. The van der Waals surface area contributed by atoms with Crippen LogP contribution in [0.1, 0.15) is 39.5 Å². The second-order valence-corrected chi connectivity index (χ2v) is 6.26. The van der Waals surface area contributed by atoms with Crippen LogP contribution in [0.4, 0.5) is 0 Å². The quantitative estimate of drug-likeness (QED) is 0.798. The van der Waals surface area contributed by atoms with Gasteiger partial charge in [-0.2, -0.15) is 11.8 Å². The van der Waals surface area contributed by atoms with Gasteiger partial charge in [0.05, 0.1) is 11.7 Å². The fourth-order valence-corrected chi connectivity index (χ4v) is 2.72. The van der Waals surface area contributed by atoms with E-state index in [1.165, 1.54) is 0 Å². The monoisotopic (exact) mass is 242 g/mol. The minimum atomic E-state index is -0.136. The third-order valence-corrected chi connectivity index (χ3v) is 4.85. The van der Waals surface area contributed by atoms with Crippen LogP contribution in [0.25, 0.3) is 0 Å². The van der Waals surface area contributed by atoms with Crippen molar-refractivity contribution in [2.45, 2.75) is 56.5 Å². The maximum Gasteiger partial charge on any atom is 0.244 e. The van der Waals surface area contributed by atoms with Crippen LogP contribution < -0.4 is 5.32 Å². The summed E-state index contributed by atoms with van der Waals surface area (Å²) >= 11 is 1.88. The molecule has 1 heterocycles. The van der Waals surface area contributed by atoms with Crippen LogP contribution in [0.5, 0.6) is 0 Å². The number of nitrogens with one attached hydrogen (secondary N) is 1. The van der Waals surface area contributed by atoms with Crippen LogP contribution in [0.2, 0.25) is 0 Å². The van der Waals surface area contributed by atoms with Gasteiger partial charge in [0, 0.05) is 11.8 Å². The van der Waals surface area contributed by atoms with Crippen LogP contribution >= 0.6 is 11.8 Å². The van der Waals surface area contributed by atoms with Crippen molar-refractivity contribution >= 4 is 17.7 Å². The van der Waals surface area contributed by atoms with Gasteiger partial charge in [0.2, 0.25) is 5.91 Å². The first-order valence-electron chi connectivity index (χ1n) is 6.24. The highest BCUT2D eigenvalue weighted by Gasteiger charge is 2.58. The molecule has 2 aliphatic rings. The highest BCUT2D eigenvalue weighted by atomic mass is 32.2. The molecule has 1 saturated heterocycles. The first-order valence-corrected chi connectivity index (χ1v) is 7.53. The number of carbonyl (C=O) groups excluding carboxylic acids is 1. The Bertz CT molecular complexity index is 278. The first-order chi connectivity index (χ1) is 7.63. The van der Waals surface area contributed by atoms with Crippen LogP contribution in [-0.4, -0.2) is 40.6 Å². The molecule has 1 N–H and O–H groups in total. The summed E-state index contributed by atoms with van der Waals surface area (Å²) in [5, 5.41) is 4.14. The summed E-state index contributed by atoms with van der Waals surface area (Å²) in [5.41, 5.74) is -0.136. The molecule has 0 bridgehead atoms. The van der Waals surface area contributed by atoms with Crippen molar-refractivity contribution in [2.75, 3.05) is 12.8 Å². The van der Waals surface area contributed by atoms with Crippen molar-refractivity contribution in [3.05, 3.63) is 0 Å². The van der Waals surface area contributed by atoms with E-state index >= 15 is 0 Å². The number of rotatable bonds is 5. The SMILES string of the molecule is CCC1NC2(CC2)C(=O)N1CCC(C)SC. The van der Waals surface area contributed by atoms with Crippen LogP contribution in [0.15, 0.2) is 0 Å². The minimum absolute atomic E-state index is 0.136. The Balaban J connectivity index is 1.93. The molecule has 1 saturated carbocycles. The fraction of sp³-hybridized carbons (Fsp3) is 0.917. The van der Waals surface area contributed by atoms with E-state index in [0.29, 0.717) is 11.2 Å². The van der Waals surface area contributed by atoms with Crippen LogP contribution in [-0.2, 0) is 4.79 Å². The number of thioether (sulfide) groups is 1. The molecule has 2 atom stereocenters. The summed E-state index contributed by atoms with van der Waals surface area (Å²) in [5.74, 6) is 0.354. The number of carbonyl (C=O) groups is 1. The van der Waals surface area contributed by atoms with Gasteiger partial charge in [-0.1, -0.05) is 13.8 Å². The molecule has 0 radical (unpaired) electrons. The molecule has 0 aromatic heterocycles. The number of hydrogen-bond donors (Lipinski definition) is 1. The van der Waals surface area contributed by atoms with Gasteiger partial charge in [-0.05, 0) is 31.9 Å². The van der Waals surface area contributed by atoms with E-state index in [-0.39, 0.29) is 11.7 Å². The van der Waals surface area contributed by atoms with Gasteiger partial charge in [0.25, 0.3) is 0 Å². The molecule has 1 aliphatic heterocycles. The molecule has 1 amide bonds. The summed E-state index contributed by atoms with van der Waals surface area (Å²) in [6, 6.07) is 0. The molecule has 1 spiro atoms. The zero-order valence-electron chi connectivity index (χ0n) is 10.5. The molecular formula is C12H22N2OS. The third kappa shape index (κ3) is 2.09. The Hall–Kier alpha value is -0.220. The van der Waals surface area contributed by atoms with Gasteiger partial charge in [0.1, 0.15) is 0 Å². The average Bonchev–Trinajstić information content (AvgIpc) is 3.02. The number of amides is 1. The lowest BCUT2D eigenvalue weighted by molar-refractivity contribution is -0.130. The summed E-state index contributed by atoms with van der Waals surface area (Å²) in [4.78, 5) is 14.3. The zero-order chi connectivity index (χ0) is 11.8. The predicted molar refractivity (Wildman–Crippen MR) is 68.5 cm³/mol. The van der Waals surface area contributed by atoms with E-state index in [9.17, 15) is 4.79 Å². The molecule has 4 heteroatoms. The van der Waals surface area contributed by atoms with Crippen molar-refractivity contribution < 1.29 is 4.79 Å². The molecule has 0 aromatic carbocycles. The molecular weight excluding hydrogens is 220 g/mol. The molecule has 16 heavy (non-hydrogen) atoms. The smallest absolute Gasteiger partial charge is 0.244 e. The van der Waals surface area contributed by atoms with Crippen molar-refractivity contribution in [1.82, 2.24) is 10.2 Å². The molecule has 1 aliphatic carbocycles. The molecule has 2 unspecified atom stereocenters. The number of hydrogen-bond acceptors (Lipinski definition) is 3. The average molecular weight is 242 g/mol. The highest BCUT2D eigenvalue weighted by molar-refractivity contribution is 7.99. The Morgan fingerprint density at radius 3 is 2.81 bits per heavy atom. The molecule has 2 fully saturated rings. The minimum Gasteiger partial charge on any atom is -0.326 e. The second kappa shape index (κ2) is 4.57. The lowest BCUT2D eigenvalue weighted by Crippen LogP contribution is -2.38. The summed E-state index contributed by atoms with van der Waals surface area (Å²) in [6.07, 6.45) is 6.61. The lowest BCUT2D eigenvalue weighted by Gasteiger charge is -2.24. The highest BCUT2D eigenvalue weighted by Crippen LogP contribution is 2.42. The van der Waals surface area contributed by atoms with Crippen LogP contribution in [0.3, 0.4) is 0 Å². The van der Waals surface area contributed by atoms with Crippen molar-refractivity contribution in [1.29, 1.82) is 0 Å². The third-order valence-electron chi connectivity index (χ3n) is 3.80. The zero-order valence-corrected chi connectivity index (χ0v) is 11.3. The maximum absolute atomic E-state index is 12.2. The van der Waals surface area contributed by atoms with Gasteiger partial charge < -0.3 is 4.90 Å². The molecule has 92 valence electrons. The topological polar surface area (TPSA) is 32.3 Å². The van der Waals surface area contributed by atoms with Crippen molar-refractivity contribution in [3.8, 4) is 0 Å².